The Balaban J connectivity index is 1.89. The molecule has 0 aliphatic carbocycles. The monoisotopic (exact) mass is 325 g/mol. The highest BCUT2D eigenvalue weighted by molar-refractivity contribution is 9.09. The maximum absolute atomic E-state index is 12.1. The third-order valence-corrected chi connectivity index (χ3v) is 4.62. The maximum Gasteiger partial charge on any atom is 0.410 e. The third-order valence-electron chi connectivity index (χ3n) is 3.79. The standard InChI is InChI=1S/C15H20BrNO2/c1-12-14(10-16)8-5-9-17(12)15(18)19-11-13-6-3-2-4-7-13/h2-4,6-7,12,14H,5,8-11H2,1H3. The average molecular weight is 326 g/mol. The SMILES string of the molecule is CC1C(CBr)CCCN1C(=O)OCc1ccccc1. The van der Waals surface area contributed by atoms with Crippen molar-refractivity contribution in [2.45, 2.75) is 32.4 Å². The molecular weight excluding hydrogens is 306 g/mol. The lowest BCUT2D eigenvalue weighted by molar-refractivity contribution is 0.0584. The maximum atomic E-state index is 12.1. The molecule has 0 bridgehead atoms. The van der Waals surface area contributed by atoms with Gasteiger partial charge in [0.1, 0.15) is 6.61 Å². The van der Waals surface area contributed by atoms with Crippen LogP contribution in [0.5, 0.6) is 0 Å². The van der Waals surface area contributed by atoms with Gasteiger partial charge in [-0.05, 0) is 31.2 Å². The number of nitrogens with zero attached hydrogens (tertiary/aromatic N) is 1. The quantitative estimate of drug-likeness (QED) is 0.791. The Labute approximate surface area is 123 Å². The summed E-state index contributed by atoms with van der Waals surface area (Å²) < 4.78 is 5.40. The van der Waals surface area contributed by atoms with Crippen molar-refractivity contribution >= 4 is 22.0 Å². The number of likely N-dealkylation sites (tertiary alicyclic amines) is 1. The number of amides is 1. The number of benzene rings is 1. The lowest BCUT2D eigenvalue weighted by Gasteiger charge is -2.37. The first kappa shape index (κ1) is 14.4. The number of ether oxygens (including phenoxy) is 1. The molecule has 3 nitrogen and oxygen atoms in total. The van der Waals surface area contributed by atoms with Crippen molar-refractivity contribution in [1.29, 1.82) is 0 Å². The van der Waals surface area contributed by atoms with Gasteiger partial charge in [0.05, 0.1) is 0 Å². The molecular formula is C15H20BrNO2. The summed E-state index contributed by atoms with van der Waals surface area (Å²) in [6.07, 6.45) is 2.04. The van der Waals surface area contributed by atoms with E-state index in [-0.39, 0.29) is 12.1 Å². The molecule has 104 valence electrons. The van der Waals surface area contributed by atoms with Gasteiger partial charge in [-0.3, -0.25) is 0 Å². The molecule has 1 aromatic carbocycles. The number of piperidine rings is 1. The molecule has 1 aromatic rings. The normalized spacial score (nSPS) is 23.2. The lowest BCUT2D eigenvalue weighted by atomic mass is 9.92. The molecule has 1 amide bonds. The largest absolute Gasteiger partial charge is 0.445 e. The summed E-state index contributed by atoms with van der Waals surface area (Å²) in [5.74, 6) is 0.526. The summed E-state index contributed by atoms with van der Waals surface area (Å²) in [7, 11) is 0. The Morgan fingerprint density at radius 1 is 1.42 bits per heavy atom. The number of rotatable bonds is 3. The number of hydrogen-bond donors (Lipinski definition) is 0. The van der Waals surface area contributed by atoms with E-state index in [1.54, 1.807) is 0 Å². The smallest absolute Gasteiger partial charge is 0.410 e. The molecule has 2 atom stereocenters. The van der Waals surface area contributed by atoms with Crippen LogP contribution in [-0.4, -0.2) is 28.9 Å². The zero-order chi connectivity index (χ0) is 13.7. The van der Waals surface area contributed by atoms with Crippen molar-refractivity contribution in [2.24, 2.45) is 5.92 Å². The Morgan fingerprint density at radius 3 is 2.84 bits per heavy atom. The summed E-state index contributed by atoms with van der Waals surface area (Å²) in [4.78, 5) is 14.0. The minimum absolute atomic E-state index is 0.193. The van der Waals surface area contributed by atoms with Gasteiger partial charge < -0.3 is 9.64 Å². The molecule has 0 saturated carbocycles. The number of halogens is 1. The van der Waals surface area contributed by atoms with E-state index >= 15 is 0 Å². The fourth-order valence-corrected chi connectivity index (χ4v) is 3.35. The summed E-state index contributed by atoms with van der Waals surface area (Å²) >= 11 is 3.52. The fourth-order valence-electron chi connectivity index (χ4n) is 2.49. The summed E-state index contributed by atoms with van der Waals surface area (Å²) in [6.45, 7) is 3.26. The molecule has 0 aromatic heterocycles. The van der Waals surface area contributed by atoms with E-state index < -0.39 is 0 Å². The number of alkyl halides is 1. The van der Waals surface area contributed by atoms with E-state index in [1.807, 2.05) is 35.2 Å². The molecule has 19 heavy (non-hydrogen) atoms. The highest BCUT2D eigenvalue weighted by atomic mass is 79.9. The minimum Gasteiger partial charge on any atom is -0.445 e. The average Bonchev–Trinajstić information content (AvgIpc) is 2.46. The van der Waals surface area contributed by atoms with Crippen LogP contribution in [0, 0.1) is 5.92 Å². The second-order valence-electron chi connectivity index (χ2n) is 5.03. The zero-order valence-corrected chi connectivity index (χ0v) is 12.8. The highest BCUT2D eigenvalue weighted by Crippen LogP contribution is 2.25. The Morgan fingerprint density at radius 2 is 2.16 bits per heavy atom. The van der Waals surface area contributed by atoms with E-state index in [9.17, 15) is 4.79 Å². The van der Waals surface area contributed by atoms with Crippen LogP contribution in [0.3, 0.4) is 0 Å². The van der Waals surface area contributed by atoms with Crippen LogP contribution >= 0.6 is 15.9 Å². The van der Waals surface area contributed by atoms with Crippen molar-refractivity contribution < 1.29 is 9.53 Å². The van der Waals surface area contributed by atoms with Gasteiger partial charge in [0, 0.05) is 17.9 Å². The van der Waals surface area contributed by atoms with Gasteiger partial charge in [-0.1, -0.05) is 46.3 Å². The second-order valence-corrected chi connectivity index (χ2v) is 5.68. The van der Waals surface area contributed by atoms with Gasteiger partial charge in [-0.2, -0.15) is 0 Å². The van der Waals surface area contributed by atoms with Gasteiger partial charge in [-0.25, -0.2) is 4.79 Å². The van der Waals surface area contributed by atoms with Crippen LogP contribution < -0.4 is 0 Å². The molecule has 1 aliphatic heterocycles. The lowest BCUT2D eigenvalue weighted by Crippen LogP contribution is -2.47. The zero-order valence-electron chi connectivity index (χ0n) is 11.2. The number of hydrogen-bond acceptors (Lipinski definition) is 2. The first-order valence-electron chi connectivity index (χ1n) is 6.75. The van der Waals surface area contributed by atoms with Crippen LogP contribution in [0.1, 0.15) is 25.3 Å². The van der Waals surface area contributed by atoms with Gasteiger partial charge in [0.25, 0.3) is 0 Å². The molecule has 1 saturated heterocycles. The topological polar surface area (TPSA) is 29.5 Å². The van der Waals surface area contributed by atoms with Gasteiger partial charge in [0.15, 0.2) is 0 Å². The van der Waals surface area contributed by atoms with Crippen LogP contribution in [0.2, 0.25) is 0 Å². The van der Waals surface area contributed by atoms with Crippen LogP contribution in [-0.2, 0) is 11.3 Å². The van der Waals surface area contributed by atoms with E-state index in [0.717, 1.165) is 23.9 Å². The number of carbonyl (C=O) groups excluding carboxylic acids is 1. The molecule has 1 heterocycles. The van der Waals surface area contributed by atoms with E-state index in [0.29, 0.717) is 12.5 Å². The molecule has 2 rings (SSSR count). The third kappa shape index (κ3) is 3.72. The summed E-state index contributed by atoms with van der Waals surface area (Å²) in [5, 5.41) is 0.941. The Bertz CT molecular complexity index is 410. The van der Waals surface area contributed by atoms with E-state index in [4.69, 9.17) is 4.74 Å². The van der Waals surface area contributed by atoms with Gasteiger partial charge in [-0.15, -0.1) is 0 Å². The predicted molar refractivity (Wildman–Crippen MR) is 79.3 cm³/mol. The Kier molecular flexibility index (Phi) is 5.25. The Hall–Kier alpha value is -1.03. The predicted octanol–water partition coefficient (Wildman–Crippen LogP) is 3.82. The molecule has 1 fully saturated rings. The molecule has 0 N–H and O–H groups in total. The van der Waals surface area contributed by atoms with Crippen molar-refractivity contribution in [2.75, 3.05) is 11.9 Å². The molecule has 4 heteroatoms. The van der Waals surface area contributed by atoms with Crippen LogP contribution in [0.4, 0.5) is 4.79 Å². The van der Waals surface area contributed by atoms with Crippen LogP contribution in [0.15, 0.2) is 30.3 Å². The highest BCUT2D eigenvalue weighted by Gasteiger charge is 2.31. The van der Waals surface area contributed by atoms with E-state index in [1.165, 1.54) is 6.42 Å². The van der Waals surface area contributed by atoms with Crippen molar-refractivity contribution in [3.63, 3.8) is 0 Å². The summed E-state index contributed by atoms with van der Waals surface area (Å²) in [5.41, 5.74) is 1.03. The minimum atomic E-state index is -0.193. The molecule has 1 aliphatic rings. The number of carbonyl (C=O) groups is 1. The van der Waals surface area contributed by atoms with E-state index in [2.05, 4.69) is 22.9 Å². The molecule has 0 radical (unpaired) electrons. The first-order chi connectivity index (χ1) is 9.22. The van der Waals surface area contributed by atoms with Crippen molar-refractivity contribution in [1.82, 2.24) is 4.90 Å². The second kappa shape index (κ2) is 6.94. The van der Waals surface area contributed by atoms with Crippen molar-refractivity contribution in [3.05, 3.63) is 35.9 Å². The van der Waals surface area contributed by atoms with Gasteiger partial charge in [0.2, 0.25) is 0 Å². The molecule has 0 spiro atoms. The van der Waals surface area contributed by atoms with Crippen molar-refractivity contribution in [3.8, 4) is 0 Å². The van der Waals surface area contributed by atoms with Crippen LogP contribution in [0.25, 0.3) is 0 Å². The summed E-state index contributed by atoms with van der Waals surface area (Å²) in [6, 6.07) is 10.0. The van der Waals surface area contributed by atoms with Gasteiger partial charge >= 0.3 is 6.09 Å². The first-order valence-corrected chi connectivity index (χ1v) is 7.88. The fraction of sp³-hybridized carbons (Fsp3) is 0.533. The molecule has 2 unspecified atom stereocenters.